The molecule has 5 nitrogen and oxygen atoms in total. The number of aliphatic hydroxyl groups is 1. The lowest BCUT2D eigenvalue weighted by atomic mass is 9.75. The summed E-state index contributed by atoms with van der Waals surface area (Å²) < 4.78 is 5.85. The van der Waals surface area contributed by atoms with Gasteiger partial charge in [-0.25, -0.2) is 4.79 Å². The Morgan fingerprint density at radius 2 is 1.61 bits per heavy atom. The van der Waals surface area contributed by atoms with E-state index >= 15 is 0 Å². The molecule has 1 saturated carbocycles. The van der Waals surface area contributed by atoms with Crippen LogP contribution in [0, 0.1) is 17.8 Å². The molecule has 1 fully saturated rings. The van der Waals surface area contributed by atoms with Gasteiger partial charge in [0.1, 0.15) is 6.10 Å². The second-order valence-electron chi connectivity index (χ2n) is 8.97. The van der Waals surface area contributed by atoms with Gasteiger partial charge in [-0.05, 0) is 48.3 Å². The van der Waals surface area contributed by atoms with Crippen molar-refractivity contribution in [1.29, 1.82) is 0 Å². The largest absolute Gasteiger partial charge is 0.460 e. The van der Waals surface area contributed by atoms with Crippen molar-refractivity contribution in [3.63, 3.8) is 0 Å². The fourth-order valence-corrected chi connectivity index (χ4v) is 4.42. The summed E-state index contributed by atoms with van der Waals surface area (Å²) in [5.74, 6) is 0.110. The van der Waals surface area contributed by atoms with Crippen molar-refractivity contribution in [2.45, 2.75) is 58.3 Å². The minimum atomic E-state index is -1.50. The molecule has 2 aromatic carbocycles. The van der Waals surface area contributed by atoms with E-state index in [0.717, 1.165) is 19.3 Å². The first kappa shape index (κ1) is 23.0. The molecule has 0 bridgehead atoms. The highest BCUT2D eigenvalue weighted by Crippen LogP contribution is 2.36. The number of benzene rings is 2. The molecule has 0 radical (unpaired) electrons. The molecule has 0 spiro atoms. The number of ether oxygens (including phenoxy) is 1. The molecule has 31 heavy (non-hydrogen) atoms. The van der Waals surface area contributed by atoms with Crippen molar-refractivity contribution >= 4 is 11.9 Å². The first-order valence-electron chi connectivity index (χ1n) is 11.2. The lowest BCUT2D eigenvalue weighted by Gasteiger charge is -2.37. The van der Waals surface area contributed by atoms with E-state index in [9.17, 15) is 14.7 Å². The van der Waals surface area contributed by atoms with E-state index in [2.05, 4.69) is 26.1 Å². The van der Waals surface area contributed by atoms with Crippen LogP contribution in [0.1, 0.15) is 62.0 Å². The van der Waals surface area contributed by atoms with E-state index in [4.69, 9.17) is 4.74 Å². The Balaban J connectivity index is 1.78. The Labute approximate surface area is 184 Å². The van der Waals surface area contributed by atoms with Crippen molar-refractivity contribution in [2.75, 3.05) is 0 Å². The van der Waals surface area contributed by atoms with Crippen molar-refractivity contribution in [1.82, 2.24) is 5.32 Å². The summed E-state index contributed by atoms with van der Waals surface area (Å²) in [5.41, 5.74) is 1.11. The lowest BCUT2D eigenvalue weighted by Crippen LogP contribution is -2.44. The maximum Gasteiger partial charge on any atom is 0.337 e. The van der Waals surface area contributed by atoms with Crippen LogP contribution in [0.5, 0.6) is 0 Å². The van der Waals surface area contributed by atoms with E-state index in [-0.39, 0.29) is 17.9 Å². The zero-order valence-corrected chi connectivity index (χ0v) is 18.5. The summed E-state index contributed by atoms with van der Waals surface area (Å²) in [7, 11) is 0. The standard InChI is InChI=1S/C26H33NO4/c1-17(2)21-15-14-18(3)16-22(21)31-26(30)24(28)23(19-10-6-4-7-11-19)27-25(29)20-12-8-5-9-13-20/h4-13,17-18,21-24,28H,14-16H2,1-3H3,(H,27,29)/t18-,21?,22?,23-,24+/m0/s1. The average molecular weight is 424 g/mol. The molecule has 5 heteroatoms. The average Bonchev–Trinajstić information content (AvgIpc) is 2.77. The molecule has 1 aliphatic carbocycles. The Hall–Kier alpha value is -2.66. The van der Waals surface area contributed by atoms with Crippen molar-refractivity contribution in [3.8, 4) is 0 Å². The van der Waals surface area contributed by atoms with Gasteiger partial charge in [0.2, 0.25) is 0 Å². The molecule has 0 aliphatic heterocycles. The van der Waals surface area contributed by atoms with E-state index in [1.165, 1.54) is 0 Å². The Bertz CT molecular complexity index is 852. The zero-order chi connectivity index (χ0) is 22.4. The van der Waals surface area contributed by atoms with Gasteiger partial charge in [0.15, 0.2) is 6.10 Å². The summed E-state index contributed by atoms with van der Waals surface area (Å²) >= 11 is 0. The fraction of sp³-hybridized carbons (Fsp3) is 0.462. The number of hydrogen-bond acceptors (Lipinski definition) is 4. The van der Waals surface area contributed by atoms with Crippen LogP contribution in [0.2, 0.25) is 0 Å². The molecule has 0 heterocycles. The third-order valence-electron chi connectivity index (χ3n) is 6.27. The number of carbonyl (C=O) groups is 2. The maximum atomic E-state index is 13.0. The number of nitrogens with one attached hydrogen (secondary N) is 1. The molecule has 3 rings (SSSR count). The number of carbonyl (C=O) groups excluding carboxylic acids is 2. The fourth-order valence-electron chi connectivity index (χ4n) is 4.42. The normalized spacial score (nSPS) is 23.1. The molecular formula is C26H33NO4. The highest BCUT2D eigenvalue weighted by atomic mass is 16.6. The first-order valence-corrected chi connectivity index (χ1v) is 11.2. The van der Waals surface area contributed by atoms with Gasteiger partial charge in [0.05, 0.1) is 6.04 Å². The number of esters is 1. The summed E-state index contributed by atoms with van der Waals surface area (Å²) in [6.45, 7) is 6.45. The molecule has 5 atom stereocenters. The van der Waals surface area contributed by atoms with Crippen LogP contribution >= 0.6 is 0 Å². The molecular weight excluding hydrogens is 390 g/mol. The molecule has 1 aliphatic rings. The summed E-state index contributed by atoms with van der Waals surface area (Å²) in [6.07, 6.45) is 1.22. The Morgan fingerprint density at radius 3 is 2.23 bits per heavy atom. The van der Waals surface area contributed by atoms with Crippen LogP contribution in [0.4, 0.5) is 0 Å². The number of amides is 1. The molecule has 1 amide bonds. The predicted molar refractivity (Wildman–Crippen MR) is 120 cm³/mol. The summed E-state index contributed by atoms with van der Waals surface area (Å²) in [6, 6.07) is 16.9. The minimum Gasteiger partial charge on any atom is -0.460 e. The van der Waals surface area contributed by atoms with Gasteiger partial charge < -0.3 is 15.2 Å². The van der Waals surface area contributed by atoms with E-state index in [0.29, 0.717) is 23.0 Å². The van der Waals surface area contributed by atoms with Gasteiger partial charge in [-0.1, -0.05) is 75.7 Å². The lowest BCUT2D eigenvalue weighted by molar-refractivity contribution is -0.167. The molecule has 2 unspecified atom stereocenters. The molecule has 0 aromatic heterocycles. The number of rotatable bonds is 7. The highest BCUT2D eigenvalue weighted by molar-refractivity contribution is 5.94. The SMILES string of the molecule is CC(C)C1CC[C@H](C)CC1OC(=O)[C@H](O)[C@@H](NC(=O)c1ccccc1)c1ccccc1. The Morgan fingerprint density at radius 1 is 1.00 bits per heavy atom. The zero-order valence-electron chi connectivity index (χ0n) is 18.5. The van der Waals surface area contributed by atoms with Crippen LogP contribution in [-0.2, 0) is 9.53 Å². The monoisotopic (exact) mass is 423 g/mol. The van der Waals surface area contributed by atoms with Crippen LogP contribution in [0.15, 0.2) is 60.7 Å². The van der Waals surface area contributed by atoms with Gasteiger partial charge >= 0.3 is 5.97 Å². The van der Waals surface area contributed by atoms with Gasteiger partial charge in [0.25, 0.3) is 5.91 Å². The second-order valence-corrected chi connectivity index (χ2v) is 8.97. The first-order chi connectivity index (χ1) is 14.9. The van der Waals surface area contributed by atoms with E-state index in [1.54, 1.807) is 36.4 Å². The maximum absolute atomic E-state index is 13.0. The van der Waals surface area contributed by atoms with Crippen LogP contribution in [0.3, 0.4) is 0 Å². The molecule has 0 saturated heterocycles. The van der Waals surface area contributed by atoms with Gasteiger partial charge in [0, 0.05) is 5.56 Å². The van der Waals surface area contributed by atoms with E-state index < -0.39 is 18.1 Å². The highest BCUT2D eigenvalue weighted by Gasteiger charge is 2.37. The second kappa shape index (κ2) is 10.6. The van der Waals surface area contributed by atoms with Crippen molar-refractivity contribution < 1.29 is 19.4 Å². The number of hydrogen-bond donors (Lipinski definition) is 2. The summed E-state index contributed by atoms with van der Waals surface area (Å²) in [5, 5.41) is 13.8. The topological polar surface area (TPSA) is 75.6 Å². The molecule has 2 aromatic rings. The molecule has 2 N–H and O–H groups in total. The van der Waals surface area contributed by atoms with Crippen LogP contribution in [0.25, 0.3) is 0 Å². The van der Waals surface area contributed by atoms with Crippen LogP contribution in [-0.4, -0.2) is 29.2 Å². The van der Waals surface area contributed by atoms with Crippen LogP contribution < -0.4 is 5.32 Å². The summed E-state index contributed by atoms with van der Waals surface area (Å²) in [4.78, 5) is 25.8. The van der Waals surface area contributed by atoms with Gasteiger partial charge in [-0.2, -0.15) is 0 Å². The van der Waals surface area contributed by atoms with Gasteiger partial charge in [-0.15, -0.1) is 0 Å². The molecule has 166 valence electrons. The van der Waals surface area contributed by atoms with Gasteiger partial charge in [-0.3, -0.25) is 4.79 Å². The minimum absolute atomic E-state index is 0.216. The quantitative estimate of drug-likeness (QED) is 0.642. The number of aliphatic hydroxyl groups excluding tert-OH is 1. The van der Waals surface area contributed by atoms with Crippen molar-refractivity contribution in [3.05, 3.63) is 71.8 Å². The van der Waals surface area contributed by atoms with Crippen molar-refractivity contribution in [2.24, 2.45) is 17.8 Å². The Kier molecular flexibility index (Phi) is 7.85. The smallest absolute Gasteiger partial charge is 0.337 e. The third-order valence-corrected chi connectivity index (χ3v) is 6.27. The van der Waals surface area contributed by atoms with E-state index in [1.807, 2.05) is 24.3 Å². The predicted octanol–water partition coefficient (Wildman–Crippen LogP) is 4.52. The third kappa shape index (κ3) is 5.95.